The molecule has 27 heavy (non-hydrogen) atoms. The number of furan rings is 1. The molecule has 0 fully saturated rings. The fourth-order valence-corrected chi connectivity index (χ4v) is 3.70. The first kappa shape index (κ1) is 17.3. The third kappa shape index (κ3) is 3.07. The van der Waals surface area contributed by atoms with Crippen LogP contribution >= 0.6 is 0 Å². The van der Waals surface area contributed by atoms with Crippen LogP contribution in [0.3, 0.4) is 0 Å². The van der Waals surface area contributed by atoms with Crippen LogP contribution in [-0.4, -0.2) is 21.5 Å². The highest BCUT2D eigenvalue weighted by molar-refractivity contribution is 6.10. The number of benzene rings is 1. The van der Waals surface area contributed by atoms with Gasteiger partial charge in [-0.3, -0.25) is 9.59 Å². The highest BCUT2D eigenvalue weighted by Crippen LogP contribution is 2.30. The van der Waals surface area contributed by atoms with E-state index in [1.54, 1.807) is 17.8 Å². The lowest BCUT2D eigenvalue weighted by molar-refractivity contribution is 0.0918. The molecule has 0 bridgehead atoms. The van der Waals surface area contributed by atoms with Gasteiger partial charge in [-0.15, -0.1) is 0 Å². The average molecular weight is 363 g/mol. The van der Waals surface area contributed by atoms with Crippen molar-refractivity contribution in [3.05, 3.63) is 70.9 Å². The van der Waals surface area contributed by atoms with Gasteiger partial charge in [0.25, 0.3) is 5.91 Å². The smallest absolute Gasteiger partial charge is 0.256 e. The van der Waals surface area contributed by atoms with Crippen molar-refractivity contribution in [1.29, 1.82) is 0 Å². The number of hydrogen-bond donors (Lipinski definition) is 1. The van der Waals surface area contributed by atoms with Crippen molar-refractivity contribution in [2.75, 3.05) is 0 Å². The van der Waals surface area contributed by atoms with Gasteiger partial charge in [0, 0.05) is 25.2 Å². The molecule has 138 valence electrons. The van der Waals surface area contributed by atoms with E-state index in [0.29, 0.717) is 35.5 Å². The second kappa shape index (κ2) is 6.87. The standard InChI is InChI=1S/C21H21N3O3/c1-13(15-7-3-4-8-16(15)24-12-6-11-22-24)23-21(26)19-14(2)27-18-10-5-9-17(25)20(18)19/h3-4,6-8,11-13H,5,9-10H2,1-2H3,(H,23,26)/t13-/m1/s1. The molecule has 2 aromatic heterocycles. The van der Waals surface area contributed by atoms with Crippen molar-refractivity contribution in [3.63, 3.8) is 0 Å². The van der Waals surface area contributed by atoms with Gasteiger partial charge >= 0.3 is 0 Å². The molecule has 6 nitrogen and oxygen atoms in total. The minimum Gasteiger partial charge on any atom is -0.465 e. The van der Waals surface area contributed by atoms with Gasteiger partial charge < -0.3 is 9.73 Å². The summed E-state index contributed by atoms with van der Waals surface area (Å²) in [6, 6.07) is 9.38. The summed E-state index contributed by atoms with van der Waals surface area (Å²) in [6.45, 7) is 3.66. The number of amides is 1. The lowest BCUT2D eigenvalue weighted by Crippen LogP contribution is -2.29. The maximum atomic E-state index is 13.0. The van der Waals surface area contributed by atoms with Crippen molar-refractivity contribution >= 4 is 11.7 Å². The Labute approximate surface area is 157 Å². The summed E-state index contributed by atoms with van der Waals surface area (Å²) in [6.07, 6.45) is 5.51. The van der Waals surface area contributed by atoms with E-state index in [0.717, 1.165) is 17.7 Å². The van der Waals surface area contributed by atoms with Crippen molar-refractivity contribution < 1.29 is 14.0 Å². The molecule has 0 saturated carbocycles. The second-order valence-electron chi connectivity index (χ2n) is 6.81. The zero-order valence-electron chi connectivity index (χ0n) is 15.4. The van der Waals surface area contributed by atoms with Gasteiger partial charge in [0.05, 0.1) is 22.9 Å². The fourth-order valence-electron chi connectivity index (χ4n) is 3.70. The molecule has 1 atom stereocenters. The molecule has 1 aromatic carbocycles. The van der Waals surface area contributed by atoms with Gasteiger partial charge in [0.1, 0.15) is 11.5 Å². The van der Waals surface area contributed by atoms with Gasteiger partial charge in [0.15, 0.2) is 5.78 Å². The number of aryl methyl sites for hydroxylation is 2. The van der Waals surface area contributed by atoms with E-state index in [-0.39, 0.29) is 17.7 Å². The van der Waals surface area contributed by atoms with E-state index in [1.165, 1.54) is 0 Å². The molecule has 6 heteroatoms. The summed E-state index contributed by atoms with van der Waals surface area (Å²) in [5.41, 5.74) is 2.68. The van der Waals surface area contributed by atoms with E-state index in [9.17, 15) is 9.59 Å². The van der Waals surface area contributed by atoms with E-state index in [1.807, 2.05) is 43.5 Å². The van der Waals surface area contributed by atoms with Crippen LogP contribution in [0.5, 0.6) is 0 Å². The summed E-state index contributed by atoms with van der Waals surface area (Å²) in [7, 11) is 0. The largest absolute Gasteiger partial charge is 0.465 e. The molecule has 4 rings (SSSR count). The van der Waals surface area contributed by atoms with Crippen LogP contribution in [0.1, 0.15) is 63.6 Å². The molecular weight excluding hydrogens is 342 g/mol. The van der Waals surface area contributed by atoms with E-state index in [4.69, 9.17) is 4.42 Å². The minimum absolute atomic E-state index is 0.0113. The fraction of sp³-hybridized carbons (Fsp3) is 0.286. The molecule has 1 aliphatic carbocycles. The number of Topliss-reactive ketones (excluding diaryl/α,β-unsaturated/α-hetero) is 1. The normalized spacial score (nSPS) is 14.7. The predicted octanol–water partition coefficient (Wildman–Crippen LogP) is 3.78. The number of nitrogens with one attached hydrogen (secondary N) is 1. The van der Waals surface area contributed by atoms with Crippen molar-refractivity contribution in [2.45, 2.75) is 39.2 Å². The van der Waals surface area contributed by atoms with Crippen molar-refractivity contribution in [2.24, 2.45) is 0 Å². The maximum Gasteiger partial charge on any atom is 0.256 e. The Balaban J connectivity index is 1.64. The predicted molar refractivity (Wildman–Crippen MR) is 100 cm³/mol. The number of carbonyl (C=O) groups excluding carboxylic acids is 2. The molecule has 3 aromatic rings. The average Bonchev–Trinajstić information content (AvgIpc) is 3.29. The van der Waals surface area contributed by atoms with Gasteiger partial charge in [-0.05, 0) is 38.0 Å². The molecular formula is C21H21N3O3. The first-order valence-corrected chi connectivity index (χ1v) is 9.11. The molecule has 1 aliphatic rings. The maximum absolute atomic E-state index is 13.0. The highest BCUT2D eigenvalue weighted by Gasteiger charge is 2.31. The molecule has 2 heterocycles. The zero-order chi connectivity index (χ0) is 19.0. The summed E-state index contributed by atoms with van der Waals surface area (Å²) in [5, 5.41) is 7.30. The molecule has 0 radical (unpaired) electrons. The van der Waals surface area contributed by atoms with Gasteiger partial charge in [0.2, 0.25) is 0 Å². The lowest BCUT2D eigenvalue weighted by atomic mass is 9.93. The lowest BCUT2D eigenvalue weighted by Gasteiger charge is -2.18. The van der Waals surface area contributed by atoms with Crippen LogP contribution < -0.4 is 5.32 Å². The quantitative estimate of drug-likeness (QED) is 0.765. The van der Waals surface area contributed by atoms with E-state index >= 15 is 0 Å². The topological polar surface area (TPSA) is 77.1 Å². The monoisotopic (exact) mass is 363 g/mol. The number of ketones is 1. The van der Waals surface area contributed by atoms with Crippen LogP contribution in [0.4, 0.5) is 0 Å². The third-order valence-electron chi connectivity index (χ3n) is 4.97. The van der Waals surface area contributed by atoms with Crippen LogP contribution in [0.2, 0.25) is 0 Å². The zero-order valence-corrected chi connectivity index (χ0v) is 15.4. The van der Waals surface area contributed by atoms with Gasteiger partial charge in [-0.1, -0.05) is 18.2 Å². The first-order chi connectivity index (χ1) is 13.1. The van der Waals surface area contributed by atoms with Crippen LogP contribution in [0.25, 0.3) is 5.69 Å². The van der Waals surface area contributed by atoms with E-state index < -0.39 is 0 Å². The van der Waals surface area contributed by atoms with Crippen molar-refractivity contribution in [3.8, 4) is 5.69 Å². The summed E-state index contributed by atoms with van der Waals surface area (Å²) in [5.74, 6) is 0.845. The Morgan fingerprint density at radius 1 is 1.26 bits per heavy atom. The number of para-hydroxylation sites is 1. The number of nitrogens with zero attached hydrogens (tertiary/aromatic N) is 2. The molecule has 1 amide bonds. The number of fused-ring (bicyclic) bond motifs is 1. The van der Waals surface area contributed by atoms with Crippen LogP contribution in [0, 0.1) is 6.92 Å². The highest BCUT2D eigenvalue weighted by atomic mass is 16.3. The second-order valence-corrected chi connectivity index (χ2v) is 6.81. The number of rotatable bonds is 4. The first-order valence-electron chi connectivity index (χ1n) is 9.11. The summed E-state index contributed by atoms with van der Waals surface area (Å²) >= 11 is 0. The summed E-state index contributed by atoms with van der Waals surface area (Å²) in [4.78, 5) is 25.3. The molecule has 0 aliphatic heterocycles. The number of aromatic nitrogens is 2. The van der Waals surface area contributed by atoms with Crippen molar-refractivity contribution in [1.82, 2.24) is 15.1 Å². The minimum atomic E-state index is -0.282. The molecule has 0 unspecified atom stereocenters. The summed E-state index contributed by atoms with van der Waals surface area (Å²) < 4.78 is 7.47. The third-order valence-corrected chi connectivity index (χ3v) is 4.97. The Kier molecular flexibility index (Phi) is 4.39. The molecule has 0 spiro atoms. The SMILES string of the molecule is Cc1oc2c(c1C(=O)N[C@H](C)c1ccccc1-n1cccn1)C(=O)CCC2. The molecule has 1 N–H and O–H groups in total. The Morgan fingerprint density at radius 2 is 2.07 bits per heavy atom. The van der Waals surface area contributed by atoms with Gasteiger partial charge in [-0.2, -0.15) is 5.10 Å². The van der Waals surface area contributed by atoms with E-state index in [2.05, 4.69) is 10.4 Å². The Hall–Kier alpha value is -3.15. The number of carbonyl (C=O) groups is 2. The Morgan fingerprint density at radius 3 is 2.85 bits per heavy atom. The Bertz CT molecular complexity index is 1000. The number of hydrogen-bond acceptors (Lipinski definition) is 4. The van der Waals surface area contributed by atoms with Crippen LogP contribution in [0.15, 0.2) is 47.1 Å². The van der Waals surface area contributed by atoms with Crippen LogP contribution in [-0.2, 0) is 6.42 Å². The van der Waals surface area contributed by atoms with Gasteiger partial charge in [-0.25, -0.2) is 4.68 Å². The molecule has 0 saturated heterocycles.